The van der Waals surface area contributed by atoms with Crippen LogP contribution in [-0.4, -0.2) is 188 Å². The van der Waals surface area contributed by atoms with Gasteiger partial charge in [0.25, 0.3) is 0 Å². The highest BCUT2D eigenvalue weighted by atomic mass is 32.2. The summed E-state index contributed by atoms with van der Waals surface area (Å²) in [6, 6.07) is 1.14. The molecular weight excluding hydrogens is 1090 g/mol. The molecule has 82 heavy (non-hydrogen) atoms. The number of primary amides is 1. The number of carbonyl (C=O) groups excluding carboxylic acids is 8. The summed E-state index contributed by atoms with van der Waals surface area (Å²) in [5, 5.41) is 109. The van der Waals surface area contributed by atoms with Gasteiger partial charge in [-0.1, -0.05) is 102 Å². The first-order valence-corrected chi connectivity index (χ1v) is 29.3. The van der Waals surface area contributed by atoms with Gasteiger partial charge in [-0.2, -0.15) is 0 Å². The number of nitrogens with two attached hydrogens (primary N) is 1. The zero-order valence-electron chi connectivity index (χ0n) is 47.0. The number of phenols is 2. The van der Waals surface area contributed by atoms with Gasteiger partial charge in [0, 0.05) is 38.8 Å². The van der Waals surface area contributed by atoms with E-state index in [1.807, 2.05) is 0 Å². The van der Waals surface area contributed by atoms with E-state index in [0.717, 1.165) is 67.4 Å². The molecule has 2 aromatic carbocycles. The molecule has 24 nitrogen and oxygen atoms in total. The van der Waals surface area contributed by atoms with Gasteiger partial charge in [-0.3, -0.25) is 38.4 Å². The number of ketones is 1. The second-order valence-corrected chi connectivity index (χ2v) is 23.6. The summed E-state index contributed by atoms with van der Waals surface area (Å²) in [6.07, 6.45) is -8.19. The Labute approximate surface area is 482 Å². The number of aromatic hydroxyl groups is 2. The molecule has 16 atom stereocenters. The average molecular weight is 1170 g/mol. The summed E-state index contributed by atoms with van der Waals surface area (Å²) in [7, 11) is 0. The lowest BCUT2D eigenvalue weighted by atomic mass is 9.86. The van der Waals surface area contributed by atoms with Crippen molar-refractivity contribution < 1.29 is 84.3 Å². The molecule has 0 aromatic heterocycles. The third-order valence-electron chi connectivity index (χ3n) is 15.7. The van der Waals surface area contributed by atoms with Crippen molar-refractivity contribution in [1.29, 1.82) is 0 Å². The fraction of sp³-hybridized carbons (Fsp3) is 0.649. The summed E-state index contributed by atoms with van der Waals surface area (Å²) in [5.74, 6) is -10.2. The van der Waals surface area contributed by atoms with Crippen LogP contribution in [0.25, 0.3) is 0 Å². The predicted molar refractivity (Wildman–Crippen MR) is 298 cm³/mol. The topological polar surface area (TPSA) is 399 Å². The molecule has 3 fully saturated rings. The van der Waals surface area contributed by atoms with Gasteiger partial charge in [-0.05, 0) is 67.9 Å². The first-order chi connectivity index (χ1) is 38.8. The lowest BCUT2D eigenvalue weighted by Gasteiger charge is -2.34. The van der Waals surface area contributed by atoms with E-state index in [1.54, 1.807) is 0 Å². The number of amides is 7. The minimum atomic E-state index is -2.26. The summed E-state index contributed by atoms with van der Waals surface area (Å²) in [4.78, 5) is 116. The Kier molecular flexibility index (Phi) is 25.8. The summed E-state index contributed by atoms with van der Waals surface area (Å²) >= 11 is 0.683. The number of unbranched alkanes of at least 4 members (excludes halogenated alkanes) is 5. The molecule has 0 bridgehead atoms. The number of para-hydroxylation sites is 1. The van der Waals surface area contributed by atoms with E-state index in [-0.39, 0.29) is 34.8 Å². The molecule has 0 saturated carbocycles. The number of aliphatic hydroxyl groups is 7. The number of aliphatic hydroxyl groups excluding tert-OH is 7. The molecule has 2 aromatic rings. The second-order valence-electron chi connectivity index (χ2n) is 22.4. The van der Waals surface area contributed by atoms with Gasteiger partial charge in [0.1, 0.15) is 47.1 Å². The molecule has 7 amide bonds. The lowest BCUT2D eigenvalue weighted by molar-refractivity contribution is -0.149. The van der Waals surface area contributed by atoms with Crippen molar-refractivity contribution in [2.75, 3.05) is 13.1 Å². The number of hydrogen-bond donors (Lipinski definition) is 14. The number of thioether (sulfide) groups is 1. The Morgan fingerprint density at radius 3 is 2.04 bits per heavy atom. The van der Waals surface area contributed by atoms with Crippen LogP contribution in [0, 0.1) is 17.8 Å². The highest BCUT2D eigenvalue weighted by molar-refractivity contribution is 8.00. The average Bonchev–Trinajstić information content (AvgIpc) is 4.15. The molecule has 0 aliphatic carbocycles. The van der Waals surface area contributed by atoms with Crippen molar-refractivity contribution in [2.45, 2.75) is 207 Å². The third-order valence-corrected chi connectivity index (χ3v) is 17.0. The van der Waals surface area contributed by atoms with Crippen molar-refractivity contribution in [3.63, 3.8) is 0 Å². The highest BCUT2D eigenvalue weighted by Gasteiger charge is 2.49. The quantitative estimate of drug-likeness (QED) is 0.0703. The second kappa shape index (κ2) is 31.7. The van der Waals surface area contributed by atoms with Crippen molar-refractivity contribution in [3.8, 4) is 11.5 Å². The molecule has 3 heterocycles. The van der Waals surface area contributed by atoms with Crippen LogP contribution in [0.15, 0.2) is 53.4 Å². The van der Waals surface area contributed by atoms with Crippen LogP contribution >= 0.6 is 11.8 Å². The zero-order valence-corrected chi connectivity index (χ0v) is 47.9. The van der Waals surface area contributed by atoms with E-state index in [2.05, 4.69) is 42.0 Å². The van der Waals surface area contributed by atoms with E-state index in [1.165, 1.54) is 42.8 Å². The number of Topliss-reactive ketones (excluding diaryl/α,β-unsaturated/α-hetero) is 1. The van der Waals surface area contributed by atoms with Crippen LogP contribution in [0.4, 0.5) is 0 Å². The van der Waals surface area contributed by atoms with Crippen molar-refractivity contribution in [1.82, 2.24) is 31.1 Å². The maximum Gasteiger partial charge on any atom is 0.248 e. The normalized spacial score (nSPS) is 27.6. The van der Waals surface area contributed by atoms with Crippen molar-refractivity contribution >= 4 is 58.9 Å². The SMILES string of the molecule is CCC(C)CC(C)CCCCCCCCC(=O)N[C@H]1C[C@@H](O)[C@@H](Sc2ccccc2O)NC(=O)[C@@H]2[C@@H](O)CCN2C(=O)[C@H]([C@H](O)CC(N)=O)NC(=O)[C@H]([C@H](O)[C@@H](O)c2ccc(O)cc2)CC(=O)[C@@H]2C[C@@H](O)CN2C(=O)[C@H]([C@@H](C)O)NC1=O. The fourth-order valence-corrected chi connectivity index (χ4v) is 11.9. The molecular formula is C57H85N7O17S. The van der Waals surface area contributed by atoms with Gasteiger partial charge in [-0.25, -0.2) is 0 Å². The number of benzene rings is 2. The number of nitrogens with zero attached hydrogens (tertiary/aromatic N) is 2. The molecule has 456 valence electrons. The molecule has 2 unspecified atom stereocenters. The molecule has 0 radical (unpaired) electrons. The summed E-state index contributed by atoms with van der Waals surface area (Å²) < 4.78 is 0. The molecule has 3 aliphatic heterocycles. The van der Waals surface area contributed by atoms with Crippen LogP contribution in [0.5, 0.6) is 11.5 Å². The zero-order chi connectivity index (χ0) is 60.5. The monoisotopic (exact) mass is 1170 g/mol. The molecule has 5 rings (SSSR count). The van der Waals surface area contributed by atoms with Gasteiger partial charge in [0.15, 0.2) is 5.78 Å². The van der Waals surface area contributed by atoms with Gasteiger partial charge >= 0.3 is 0 Å². The Hall–Kier alpha value is -5.93. The van der Waals surface area contributed by atoms with Crippen molar-refractivity contribution in [2.24, 2.45) is 23.5 Å². The summed E-state index contributed by atoms with van der Waals surface area (Å²) in [6.45, 7) is 6.89. The van der Waals surface area contributed by atoms with Crippen LogP contribution in [-0.2, 0) is 38.4 Å². The molecule has 3 saturated heterocycles. The van der Waals surface area contributed by atoms with Crippen LogP contribution < -0.4 is 27.0 Å². The van der Waals surface area contributed by atoms with E-state index >= 15 is 0 Å². The van der Waals surface area contributed by atoms with E-state index in [9.17, 15) is 84.3 Å². The maximum absolute atomic E-state index is 14.8. The number of carbonyl (C=O) groups is 8. The number of phenolic OH excluding ortho intramolecular Hbond substituents is 2. The van der Waals surface area contributed by atoms with Gasteiger partial charge in [-0.15, -0.1) is 0 Å². The first kappa shape index (κ1) is 66.9. The van der Waals surface area contributed by atoms with Crippen LogP contribution in [0.2, 0.25) is 0 Å². The van der Waals surface area contributed by atoms with Gasteiger partial charge in [0.2, 0.25) is 41.4 Å². The van der Waals surface area contributed by atoms with E-state index < -0.39 is 170 Å². The number of rotatable bonds is 22. The smallest absolute Gasteiger partial charge is 0.248 e. The molecule has 25 heteroatoms. The predicted octanol–water partition coefficient (Wildman–Crippen LogP) is 0.255. The summed E-state index contributed by atoms with van der Waals surface area (Å²) in [5.41, 5.74) is 5.35. The highest BCUT2D eigenvalue weighted by Crippen LogP contribution is 2.34. The minimum absolute atomic E-state index is 0.0651. The Balaban J connectivity index is 1.55. The van der Waals surface area contributed by atoms with E-state index in [4.69, 9.17) is 5.73 Å². The number of nitrogens with one attached hydrogen (secondary N) is 4. The number of fused-ring (bicyclic) bond motifs is 2. The standard InChI is InChI=1S/C57H85N7O17S/c1-5-30(2)24-31(3)14-10-8-6-7-9-11-17-46(74)59-37-27-43(72)55(82-44-16-13-12-15-39(44)68)62-54(79)49-40(69)22-23-63(49)57(81)48(42(71)28-45(58)73)61-52(77)36(51(76)50(75)33-18-20-34(66)21-19-33)26-41(70)38-25-35(67)29-64(38)56(80)47(32(4)65)60-53(37)78/h12-13,15-16,18-21,30-32,35-38,40,42-43,47-51,55,65-69,71-72,75-76H,5-11,14,17,22-29H2,1-4H3,(H2,58,73)(H,59,74)(H,60,78)(H,61,77)(H,62,79)/t30?,31?,32-,35-,36+,37+,38+,40+,42-,43-,47+,48+,49+,50+,51+,55-/m1/s1. The van der Waals surface area contributed by atoms with Gasteiger partial charge < -0.3 is 82.8 Å². The van der Waals surface area contributed by atoms with Crippen LogP contribution in [0.3, 0.4) is 0 Å². The lowest BCUT2D eigenvalue weighted by Crippen LogP contribution is -2.61. The van der Waals surface area contributed by atoms with E-state index in [0.29, 0.717) is 36.4 Å². The Morgan fingerprint density at radius 2 is 1.39 bits per heavy atom. The number of hydrogen-bond acceptors (Lipinski definition) is 18. The third kappa shape index (κ3) is 18.8. The fourth-order valence-electron chi connectivity index (χ4n) is 10.9. The molecule has 3 aliphatic rings. The van der Waals surface area contributed by atoms with Crippen LogP contribution in [0.1, 0.15) is 136 Å². The molecule has 15 N–H and O–H groups in total. The first-order valence-electron chi connectivity index (χ1n) is 28.4. The Morgan fingerprint density at radius 1 is 0.756 bits per heavy atom. The Bertz CT molecular complexity index is 2490. The largest absolute Gasteiger partial charge is 0.508 e. The van der Waals surface area contributed by atoms with Crippen molar-refractivity contribution in [3.05, 3.63) is 54.1 Å². The maximum atomic E-state index is 14.8. The minimum Gasteiger partial charge on any atom is -0.508 e. The molecule has 0 spiro atoms. The van der Waals surface area contributed by atoms with Gasteiger partial charge in [0.05, 0.1) is 59.9 Å².